The van der Waals surface area contributed by atoms with E-state index in [0.29, 0.717) is 17.7 Å². The zero-order chi connectivity index (χ0) is 17.2. The lowest BCUT2D eigenvalue weighted by molar-refractivity contribution is 0.0689. The van der Waals surface area contributed by atoms with E-state index in [0.717, 1.165) is 16.3 Å². The molecule has 1 aliphatic heterocycles. The van der Waals surface area contributed by atoms with Gasteiger partial charge < -0.3 is 9.15 Å². The highest BCUT2D eigenvalue weighted by molar-refractivity contribution is 7.12. The number of benzene rings is 1. The molecule has 0 N–H and O–H groups in total. The van der Waals surface area contributed by atoms with E-state index in [1.165, 1.54) is 5.01 Å². The van der Waals surface area contributed by atoms with Gasteiger partial charge in [-0.25, -0.2) is 5.01 Å². The molecule has 0 saturated heterocycles. The van der Waals surface area contributed by atoms with Crippen LogP contribution in [0.15, 0.2) is 69.7 Å². The highest BCUT2D eigenvalue weighted by atomic mass is 32.1. The van der Waals surface area contributed by atoms with E-state index in [1.807, 2.05) is 41.8 Å². The van der Waals surface area contributed by atoms with Crippen LogP contribution < -0.4 is 4.74 Å². The summed E-state index contributed by atoms with van der Waals surface area (Å²) in [7, 11) is 1.56. The number of ether oxygens (including phenoxy) is 1. The number of nitrogens with zero attached hydrogens (tertiary/aromatic N) is 2. The number of hydrogen-bond acceptors (Lipinski definition) is 5. The molecule has 3 aromatic rings. The van der Waals surface area contributed by atoms with E-state index in [2.05, 4.69) is 5.10 Å². The van der Waals surface area contributed by atoms with Crippen molar-refractivity contribution in [3.63, 3.8) is 0 Å². The van der Waals surface area contributed by atoms with Crippen LogP contribution in [-0.4, -0.2) is 23.7 Å². The van der Waals surface area contributed by atoms with E-state index in [-0.39, 0.29) is 11.9 Å². The van der Waals surface area contributed by atoms with Gasteiger partial charge in [0.25, 0.3) is 5.91 Å². The predicted octanol–water partition coefficient (Wildman–Crippen LogP) is 4.34. The van der Waals surface area contributed by atoms with Gasteiger partial charge in [-0.2, -0.15) is 5.10 Å². The molecule has 3 heterocycles. The molecule has 0 fully saturated rings. The largest absolute Gasteiger partial charge is 0.496 e. The molecule has 1 atom stereocenters. The second-order valence-corrected chi connectivity index (χ2v) is 6.56. The number of thiophene rings is 1. The van der Waals surface area contributed by atoms with Gasteiger partial charge in [0.05, 0.1) is 29.5 Å². The SMILES string of the molecule is COc1ccccc1C(=O)N1N=C(c2cccs2)C[C@H]1c1ccco1. The average Bonchev–Trinajstić information content (AvgIpc) is 3.41. The van der Waals surface area contributed by atoms with Crippen LogP contribution in [0.25, 0.3) is 0 Å². The van der Waals surface area contributed by atoms with Gasteiger partial charge in [0.2, 0.25) is 0 Å². The van der Waals surface area contributed by atoms with Crippen LogP contribution in [0.4, 0.5) is 0 Å². The minimum atomic E-state index is -0.260. The molecular formula is C19H16N2O3S. The Balaban J connectivity index is 1.74. The standard InChI is InChI=1S/C19H16N2O3S/c1-23-16-7-3-2-6-13(16)19(22)21-15(17-8-4-10-24-17)12-14(20-21)18-9-5-11-25-18/h2-11,15H,12H2,1H3/t15-/m0/s1. The van der Waals surface area contributed by atoms with E-state index in [9.17, 15) is 4.79 Å². The zero-order valence-electron chi connectivity index (χ0n) is 13.6. The van der Waals surface area contributed by atoms with Crippen LogP contribution in [0.1, 0.15) is 33.5 Å². The highest BCUT2D eigenvalue weighted by Crippen LogP contribution is 2.36. The minimum Gasteiger partial charge on any atom is -0.496 e. The van der Waals surface area contributed by atoms with Gasteiger partial charge in [-0.05, 0) is 35.7 Å². The van der Waals surface area contributed by atoms with Gasteiger partial charge in [0, 0.05) is 6.42 Å². The summed E-state index contributed by atoms with van der Waals surface area (Å²) < 4.78 is 10.9. The summed E-state index contributed by atoms with van der Waals surface area (Å²) in [6.07, 6.45) is 2.24. The molecule has 0 bridgehead atoms. The predicted molar refractivity (Wildman–Crippen MR) is 96.1 cm³/mol. The second kappa shape index (κ2) is 6.57. The first-order valence-corrected chi connectivity index (χ1v) is 8.77. The van der Waals surface area contributed by atoms with Crippen molar-refractivity contribution in [2.45, 2.75) is 12.5 Å². The van der Waals surface area contributed by atoms with Crippen molar-refractivity contribution >= 4 is 23.0 Å². The van der Waals surface area contributed by atoms with Crippen LogP contribution in [-0.2, 0) is 0 Å². The lowest BCUT2D eigenvalue weighted by Crippen LogP contribution is -2.27. The summed E-state index contributed by atoms with van der Waals surface area (Å²) in [5, 5.41) is 8.13. The minimum absolute atomic E-state index is 0.203. The van der Waals surface area contributed by atoms with Crippen LogP contribution in [0, 0.1) is 0 Å². The first-order chi connectivity index (χ1) is 12.3. The number of methoxy groups -OCH3 is 1. The maximum absolute atomic E-state index is 13.1. The molecule has 1 amide bonds. The molecule has 1 aromatic carbocycles. The lowest BCUT2D eigenvalue weighted by atomic mass is 10.1. The molecular weight excluding hydrogens is 336 g/mol. The van der Waals surface area contributed by atoms with Gasteiger partial charge in [0.1, 0.15) is 17.6 Å². The molecule has 1 aliphatic rings. The molecule has 0 aliphatic carbocycles. The highest BCUT2D eigenvalue weighted by Gasteiger charge is 2.36. The number of hydrogen-bond donors (Lipinski definition) is 0. The third-order valence-electron chi connectivity index (χ3n) is 4.13. The smallest absolute Gasteiger partial charge is 0.278 e. The van der Waals surface area contributed by atoms with E-state index in [4.69, 9.17) is 9.15 Å². The van der Waals surface area contributed by atoms with E-state index >= 15 is 0 Å². The molecule has 4 rings (SSSR count). The number of hydrazone groups is 1. The van der Waals surface area contributed by atoms with Crippen LogP contribution in [0.3, 0.4) is 0 Å². The summed E-state index contributed by atoms with van der Waals surface area (Å²) in [4.78, 5) is 14.2. The Labute approximate surface area is 149 Å². The number of rotatable bonds is 4. The van der Waals surface area contributed by atoms with Gasteiger partial charge in [-0.15, -0.1) is 11.3 Å². The maximum atomic E-state index is 13.1. The third kappa shape index (κ3) is 2.85. The Morgan fingerprint density at radius 2 is 2.12 bits per heavy atom. The van der Waals surface area contributed by atoms with Crippen molar-refractivity contribution in [3.05, 3.63) is 76.4 Å². The van der Waals surface area contributed by atoms with Crippen LogP contribution in [0.5, 0.6) is 5.75 Å². The molecule has 25 heavy (non-hydrogen) atoms. The topological polar surface area (TPSA) is 55.0 Å². The van der Waals surface area contributed by atoms with Crippen molar-refractivity contribution < 1.29 is 13.9 Å². The first-order valence-electron chi connectivity index (χ1n) is 7.89. The fourth-order valence-corrected chi connectivity index (χ4v) is 3.66. The Morgan fingerprint density at radius 1 is 1.24 bits per heavy atom. The zero-order valence-corrected chi connectivity index (χ0v) is 14.4. The molecule has 0 unspecified atom stereocenters. The van der Waals surface area contributed by atoms with Crippen LogP contribution in [0.2, 0.25) is 0 Å². The Hall–Kier alpha value is -2.86. The summed E-state index contributed by atoms with van der Waals surface area (Å²) >= 11 is 1.61. The monoisotopic (exact) mass is 352 g/mol. The van der Waals surface area contributed by atoms with Crippen molar-refractivity contribution in [1.29, 1.82) is 0 Å². The number of para-hydroxylation sites is 1. The van der Waals surface area contributed by atoms with E-state index < -0.39 is 0 Å². The Morgan fingerprint density at radius 3 is 2.84 bits per heavy atom. The van der Waals surface area contributed by atoms with Gasteiger partial charge >= 0.3 is 0 Å². The third-order valence-corrected chi connectivity index (χ3v) is 5.05. The maximum Gasteiger partial charge on any atom is 0.278 e. The summed E-state index contributed by atoms with van der Waals surface area (Å²) in [6.45, 7) is 0. The molecule has 126 valence electrons. The summed E-state index contributed by atoms with van der Waals surface area (Å²) in [6, 6.07) is 14.6. The molecule has 0 radical (unpaired) electrons. The normalized spacial score (nSPS) is 16.8. The Kier molecular flexibility index (Phi) is 4.11. The van der Waals surface area contributed by atoms with Gasteiger partial charge in [-0.1, -0.05) is 18.2 Å². The average molecular weight is 352 g/mol. The fraction of sp³-hybridized carbons (Fsp3) is 0.158. The lowest BCUT2D eigenvalue weighted by Gasteiger charge is -2.20. The van der Waals surface area contributed by atoms with E-state index in [1.54, 1.807) is 36.8 Å². The number of carbonyl (C=O) groups is 1. The van der Waals surface area contributed by atoms with Gasteiger partial charge in [0.15, 0.2) is 0 Å². The number of furan rings is 1. The quantitative estimate of drug-likeness (QED) is 0.702. The molecule has 2 aromatic heterocycles. The molecule has 6 heteroatoms. The molecule has 5 nitrogen and oxygen atoms in total. The van der Waals surface area contributed by atoms with Crippen molar-refractivity contribution in [1.82, 2.24) is 5.01 Å². The van der Waals surface area contributed by atoms with Crippen molar-refractivity contribution in [2.75, 3.05) is 7.11 Å². The van der Waals surface area contributed by atoms with Gasteiger partial charge in [-0.3, -0.25) is 4.79 Å². The number of carbonyl (C=O) groups excluding carboxylic acids is 1. The van der Waals surface area contributed by atoms with Crippen molar-refractivity contribution in [3.8, 4) is 5.75 Å². The molecule has 0 saturated carbocycles. The fourth-order valence-electron chi connectivity index (χ4n) is 2.94. The first kappa shape index (κ1) is 15.7. The second-order valence-electron chi connectivity index (χ2n) is 5.61. The number of amides is 1. The van der Waals surface area contributed by atoms with Crippen molar-refractivity contribution in [2.24, 2.45) is 5.10 Å². The summed E-state index contributed by atoms with van der Waals surface area (Å²) in [5.74, 6) is 1.05. The molecule has 0 spiro atoms. The van der Waals surface area contributed by atoms with Crippen LogP contribution >= 0.6 is 11.3 Å². The Bertz CT molecular complexity index is 901. The summed E-state index contributed by atoms with van der Waals surface area (Å²) in [5.41, 5.74) is 1.37.